The first-order valence-electron chi connectivity index (χ1n) is 8.68. The summed E-state index contributed by atoms with van der Waals surface area (Å²) in [6.45, 7) is 0.540. The topological polar surface area (TPSA) is 51.5 Å². The summed E-state index contributed by atoms with van der Waals surface area (Å²) in [5.74, 6) is 3.48. The molecule has 4 bridgehead atoms. The number of hydroxylamine groups is 1. The SMILES string of the molecule is O=C(NOCCCc1ccco1)C12CC3CC(CC(C3)C1)C2. The monoisotopic (exact) mass is 303 g/mol. The maximum Gasteiger partial charge on any atom is 0.249 e. The third kappa shape index (κ3) is 2.69. The third-order valence-electron chi connectivity index (χ3n) is 5.93. The highest BCUT2D eigenvalue weighted by atomic mass is 16.6. The Morgan fingerprint density at radius 3 is 2.50 bits per heavy atom. The van der Waals surface area contributed by atoms with E-state index in [1.807, 2.05) is 12.1 Å². The quantitative estimate of drug-likeness (QED) is 0.646. The summed E-state index contributed by atoms with van der Waals surface area (Å²) in [6, 6.07) is 3.86. The first kappa shape index (κ1) is 14.3. The van der Waals surface area contributed by atoms with E-state index in [4.69, 9.17) is 9.25 Å². The minimum atomic E-state index is -0.115. The highest BCUT2D eigenvalue weighted by Crippen LogP contribution is 2.60. The Hall–Kier alpha value is -1.29. The van der Waals surface area contributed by atoms with E-state index in [-0.39, 0.29) is 11.3 Å². The maximum atomic E-state index is 12.6. The Kier molecular flexibility index (Phi) is 3.73. The number of amides is 1. The van der Waals surface area contributed by atoms with Crippen LogP contribution in [0.4, 0.5) is 0 Å². The number of furan rings is 1. The van der Waals surface area contributed by atoms with Gasteiger partial charge in [0.1, 0.15) is 5.76 Å². The number of rotatable bonds is 6. The van der Waals surface area contributed by atoms with E-state index in [2.05, 4.69) is 5.48 Å². The highest BCUT2D eigenvalue weighted by Gasteiger charge is 2.54. The van der Waals surface area contributed by atoms with Crippen molar-refractivity contribution in [2.75, 3.05) is 6.61 Å². The molecule has 5 rings (SSSR count). The van der Waals surface area contributed by atoms with Gasteiger partial charge in [0, 0.05) is 6.42 Å². The lowest BCUT2D eigenvalue weighted by Crippen LogP contribution is -2.53. The lowest BCUT2D eigenvalue weighted by molar-refractivity contribution is -0.159. The van der Waals surface area contributed by atoms with Crippen LogP contribution in [0.2, 0.25) is 0 Å². The molecule has 0 radical (unpaired) electrons. The first-order valence-corrected chi connectivity index (χ1v) is 8.68. The van der Waals surface area contributed by atoms with Gasteiger partial charge < -0.3 is 4.42 Å². The van der Waals surface area contributed by atoms with E-state index in [9.17, 15) is 4.79 Å². The number of aryl methyl sites for hydroxylation is 1. The Morgan fingerprint density at radius 1 is 1.23 bits per heavy atom. The zero-order valence-corrected chi connectivity index (χ0v) is 13.1. The number of hydrogen-bond donors (Lipinski definition) is 1. The molecule has 0 unspecified atom stereocenters. The van der Waals surface area contributed by atoms with E-state index in [1.54, 1.807) is 6.26 Å². The van der Waals surface area contributed by atoms with Gasteiger partial charge in [-0.15, -0.1) is 0 Å². The second-order valence-electron chi connectivity index (χ2n) is 7.66. The van der Waals surface area contributed by atoms with Crippen LogP contribution in [0.1, 0.15) is 50.7 Å². The molecule has 22 heavy (non-hydrogen) atoms. The second kappa shape index (κ2) is 5.73. The average Bonchev–Trinajstić information content (AvgIpc) is 2.98. The fraction of sp³-hybridized carbons (Fsp3) is 0.722. The van der Waals surface area contributed by atoms with Crippen molar-refractivity contribution in [2.45, 2.75) is 51.4 Å². The van der Waals surface area contributed by atoms with Crippen molar-refractivity contribution in [2.24, 2.45) is 23.2 Å². The molecule has 4 heteroatoms. The molecule has 120 valence electrons. The molecular formula is C18H25NO3. The van der Waals surface area contributed by atoms with E-state index >= 15 is 0 Å². The van der Waals surface area contributed by atoms with E-state index in [0.29, 0.717) is 6.61 Å². The molecule has 4 nitrogen and oxygen atoms in total. The molecule has 1 aromatic rings. The second-order valence-corrected chi connectivity index (χ2v) is 7.66. The van der Waals surface area contributed by atoms with Crippen molar-refractivity contribution in [3.8, 4) is 0 Å². The maximum absolute atomic E-state index is 12.6. The minimum absolute atomic E-state index is 0.115. The van der Waals surface area contributed by atoms with Gasteiger partial charge in [0.2, 0.25) is 5.91 Å². The summed E-state index contributed by atoms with van der Waals surface area (Å²) in [5.41, 5.74) is 2.63. The van der Waals surface area contributed by atoms with Crippen LogP contribution in [0, 0.1) is 23.2 Å². The number of carbonyl (C=O) groups is 1. The van der Waals surface area contributed by atoms with Crippen molar-refractivity contribution in [1.29, 1.82) is 0 Å². The predicted molar refractivity (Wildman–Crippen MR) is 81.7 cm³/mol. The van der Waals surface area contributed by atoms with Gasteiger partial charge in [0.05, 0.1) is 18.3 Å². The Labute approximate surface area is 131 Å². The molecule has 0 spiro atoms. The van der Waals surface area contributed by atoms with Crippen LogP contribution in [0.15, 0.2) is 22.8 Å². The Morgan fingerprint density at radius 2 is 1.91 bits per heavy atom. The van der Waals surface area contributed by atoms with E-state index in [0.717, 1.165) is 55.6 Å². The fourth-order valence-electron chi connectivity index (χ4n) is 5.39. The van der Waals surface area contributed by atoms with Crippen molar-refractivity contribution in [1.82, 2.24) is 5.48 Å². The van der Waals surface area contributed by atoms with E-state index in [1.165, 1.54) is 19.3 Å². The average molecular weight is 303 g/mol. The van der Waals surface area contributed by atoms with E-state index < -0.39 is 0 Å². The predicted octanol–water partition coefficient (Wildman–Crippen LogP) is 3.48. The molecule has 0 saturated heterocycles. The van der Waals surface area contributed by atoms with Crippen molar-refractivity contribution < 1.29 is 14.0 Å². The molecule has 4 saturated carbocycles. The third-order valence-corrected chi connectivity index (χ3v) is 5.93. The van der Waals surface area contributed by atoms with Crippen molar-refractivity contribution in [3.05, 3.63) is 24.2 Å². The van der Waals surface area contributed by atoms with Crippen LogP contribution in [0.25, 0.3) is 0 Å². The Bertz CT molecular complexity index is 487. The molecule has 1 aromatic heterocycles. The van der Waals surface area contributed by atoms with Crippen LogP contribution in [-0.2, 0) is 16.1 Å². The Balaban J connectivity index is 1.24. The van der Waals surface area contributed by atoms with Gasteiger partial charge >= 0.3 is 0 Å². The molecule has 1 amide bonds. The molecule has 0 aromatic carbocycles. The molecule has 0 atom stereocenters. The van der Waals surface area contributed by atoms with Crippen LogP contribution < -0.4 is 5.48 Å². The summed E-state index contributed by atoms with van der Waals surface area (Å²) in [6.07, 6.45) is 10.7. The number of nitrogens with one attached hydrogen (secondary N) is 1. The summed E-state index contributed by atoms with van der Waals surface area (Å²) in [7, 11) is 0. The summed E-state index contributed by atoms with van der Waals surface area (Å²) < 4.78 is 5.28. The van der Waals surface area contributed by atoms with Gasteiger partial charge in [-0.05, 0) is 74.8 Å². The summed E-state index contributed by atoms with van der Waals surface area (Å²) >= 11 is 0. The molecule has 1 heterocycles. The fourth-order valence-corrected chi connectivity index (χ4v) is 5.39. The van der Waals surface area contributed by atoms with Gasteiger partial charge in [-0.3, -0.25) is 9.63 Å². The summed E-state index contributed by atoms with van der Waals surface area (Å²) in [5, 5.41) is 0. The molecular weight excluding hydrogens is 278 g/mol. The van der Waals surface area contributed by atoms with Gasteiger partial charge in [0.25, 0.3) is 0 Å². The lowest BCUT2D eigenvalue weighted by Gasteiger charge is -2.55. The van der Waals surface area contributed by atoms with Crippen molar-refractivity contribution in [3.63, 3.8) is 0 Å². The molecule has 4 aliphatic rings. The van der Waals surface area contributed by atoms with Crippen LogP contribution >= 0.6 is 0 Å². The minimum Gasteiger partial charge on any atom is -0.469 e. The van der Waals surface area contributed by atoms with Crippen LogP contribution in [0.3, 0.4) is 0 Å². The largest absolute Gasteiger partial charge is 0.469 e. The smallest absolute Gasteiger partial charge is 0.249 e. The number of hydrogen-bond acceptors (Lipinski definition) is 3. The summed E-state index contributed by atoms with van der Waals surface area (Å²) in [4.78, 5) is 18.1. The normalized spacial score (nSPS) is 35.7. The molecule has 4 fully saturated rings. The molecule has 1 N–H and O–H groups in total. The lowest BCUT2D eigenvalue weighted by atomic mass is 9.49. The van der Waals surface area contributed by atoms with Crippen molar-refractivity contribution >= 4 is 5.91 Å². The molecule has 4 aliphatic carbocycles. The van der Waals surface area contributed by atoms with Gasteiger partial charge in [0.15, 0.2) is 0 Å². The number of carbonyl (C=O) groups excluding carboxylic acids is 1. The van der Waals surface area contributed by atoms with Crippen LogP contribution in [-0.4, -0.2) is 12.5 Å². The zero-order chi connectivity index (χ0) is 15.0. The highest BCUT2D eigenvalue weighted by molar-refractivity contribution is 5.82. The van der Waals surface area contributed by atoms with Crippen LogP contribution in [0.5, 0.6) is 0 Å². The standard InChI is InChI=1S/C18H25NO3/c20-17(19-22-6-2-4-16-3-1-5-21-16)18-10-13-7-14(11-18)9-15(8-13)12-18/h1,3,5,13-15H,2,4,6-12H2,(H,19,20). The molecule has 0 aliphatic heterocycles. The first-order chi connectivity index (χ1) is 10.7. The zero-order valence-electron chi connectivity index (χ0n) is 13.1. The van der Waals surface area contributed by atoms with Gasteiger partial charge in [-0.1, -0.05) is 0 Å². The van der Waals surface area contributed by atoms with Gasteiger partial charge in [-0.25, -0.2) is 5.48 Å². The van der Waals surface area contributed by atoms with Gasteiger partial charge in [-0.2, -0.15) is 0 Å².